The molecule has 1 aromatic heterocycles. The molecule has 0 aliphatic rings. The quantitative estimate of drug-likeness (QED) is 0.583. The van der Waals surface area contributed by atoms with Crippen molar-refractivity contribution in [1.82, 2.24) is 9.71 Å². The molecule has 0 aliphatic heterocycles. The van der Waals surface area contributed by atoms with Crippen LogP contribution in [-0.2, 0) is 10.0 Å². The lowest BCUT2D eigenvalue weighted by Crippen LogP contribution is -2.38. The van der Waals surface area contributed by atoms with Gasteiger partial charge in [0.2, 0.25) is 10.0 Å². The molecule has 4 N–H and O–H groups in total. The fraction of sp³-hybridized carbons (Fsp3) is 0.500. The summed E-state index contributed by atoms with van der Waals surface area (Å²) in [7, 11) is -3.78. The molecule has 8 heteroatoms. The van der Waals surface area contributed by atoms with Gasteiger partial charge < -0.3 is 15.2 Å². The van der Waals surface area contributed by atoms with Gasteiger partial charge in [-0.25, -0.2) is 17.9 Å². The van der Waals surface area contributed by atoms with E-state index in [1.807, 2.05) is 0 Å². The molecule has 102 valence electrons. The molecule has 0 fully saturated rings. The Labute approximate surface area is 105 Å². The van der Waals surface area contributed by atoms with Gasteiger partial charge in [-0.1, -0.05) is 6.92 Å². The zero-order valence-corrected chi connectivity index (χ0v) is 10.9. The first-order chi connectivity index (χ1) is 8.27. The Morgan fingerprint density at radius 1 is 1.50 bits per heavy atom. The number of aliphatic hydroxyl groups is 1. The van der Waals surface area contributed by atoms with E-state index in [1.54, 1.807) is 13.8 Å². The van der Waals surface area contributed by atoms with E-state index in [4.69, 9.17) is 10.2 Å². The molecule has 1 rings (SSSR count). The molecule has 0 spiro atoms. The summed E-state index contributed by atoms with van der Waals surface area (Å²) in [6.07, 6.45) is 1.11. The minimum absolute atomic E-state index is 0.142. The van der Waals surface area contributed by atoms with Crippen LogP contribution in [0.5, 0.6) is 0 Å². The summed E-state index contributed by atoms with van der Waals surface area (Å²) in [5, 5.41) is 17.6. The Morgan fingerprint density at radius 2 is 2.11 bits per heavy atom. The first-order valence-corrected chi connectivity index (χ1v) is 6.81. The molecule has 0 aromatic carbocycles. The smallest absolute Gasteiger partial charge is 0.352 e. The summed E-state index contributed by atoms with van der Waals surface area (Å²) in [4.78, 5) is 12.9. The summed E-state index contributed by atoms with van der Waals surface area (Å²) < 4.78 is 26.2. The van der Waals surface area contributed by atoms with Gasteiger partial charge in [0.05, 0.1) is 0 Å². The number of H-pyrrole nitrogens is 1. The number of rotatable bonds is 6. The Morgan fingerprint density at radius 3 is 2.56 bits per heavy atom. The lowest BCUT2D eigenvalue weighted by molar-refractivity contribution is 0.0691. The Kier molecular flexibility index (Phi) is 4.49. The molecule has 0 bridgehead atoms. The second kappa shape index (κ2) is 5.51. The van der Waals surface area contributed by atoms with Crippen LogP contribution >= 0.6 is 0 Å². The van der Waals surface area contributed by atoms with Gasteiger partial charge >= 0.3 is 5.97 Å². The van der Waals surface area contributed by atoms with Gasteiger partial charge in [0.15, 0.2) is 0 Å². The van der Waals surface area contributed by atoms with Crippen molar-refractivity contribution in [1.29, 1.82) is 0 Å². The van der Waals surface area contributed by atoms with Crippen molar-refractivity contribution in [3.05, 3.63) is 18.0 Å². The maximum atomic E-state index is 11.9. The third-order valence-electron chi connectivity index (χ3n) is 2.68. The van der Waals surface area contributed by atoms with Gasteiger partial charge in [-0.2, -0.15) is 0 Å². The number of aliphatic hydroxyl groups excluding tert-OH is 1. The molecular formula is C10H16N2O5S. The van der Waals surface area contributed by atoms with Crippen LogP contribution in [0.15, 0.2) is 17.2 Å². The largest absolute Gasteiger partial charge is 0.477 e. The van der Waals surface area contributed by atoms with Crippen LogP contribution in [-0.4, -0.2) is 42.2 Å². The maximum Gasteiger partial charge on any atom is 0.352 e. The SMILES string of the molecule is CC(CO)C(C)NS(=O)(=O)c1c[nH]c(C(=O)O)c1. The van der Waals surface area contributed by atoms with Gasteiger partial charge in [-0.15, -0.1) is 0 Å². The number of aromatic nitrogens is 1. The van der Waals surface area contributed by atoms with Gasteiger partial charge in [0.25, 0.3) is 0 Å². The van der Waals surface area contributed by atoms with E-state index in [-0.39, 0.29) is 23.1 Å². The van der Waals surface area contributed by atoms with Crippen LogP contribution in [0.25, 0.3) is 0 Å². The van der Waals surface area contributed by atoms with Crippen LogP contribution in [0.3, 0.4) is 0 Å². The lowest BCUT2D eigenvalue weighted by atomic mass is 10.1. The number of aromatic amines is 1. The fourth-order valence-electron chi connectivity index (χ4n) is 1.24. The van der Waals surface area contributed by atoms with E-state index in [0.717, 1.165) is 12.3 Å². The van der Waals surface area contributed by atoms with Crippen molar-refractivity contribution >= 4 is 16.0 Å². The fourth-order valence-corrected chi connectivity index (χ4v) is 2.59. The van der Waals surface area contributed by atoms with Gasteiger partial charge in [0, 0.05) is 18.8 Å². The average molecular weight is 276 g/mol. The third-order valence-corrected chi connectivity index (χ3v) is 4.22. The Bertz CT molecular complexity index is 522. The number of aromatic carboxylic acids is 1. The van der Waals surface area contributed by atoms with E-state index in [2.05, 4.69) is 9.71 Å². The van der Waals surface area contributed by atoms with Crippen LogP contribution in [0.2, 0.25) is 0 Å². The van der Waals surface area contributed by atoms with E-state index < -0.39 is 22.0 Å². The molecule has 0 radical (unpaired) electrons. The third kappa shape index (κ3) is 3.31. The van der Waals surface area contributed by atoms with E-state index in [0.29, 0.717) is 0 Å². The van der Waals surface area contributed by atoms with Crippen molar-refractivity contribution in [2.45, 2.75) is 24.8 Å². The van der Waals surface area contributed by atoms with Crippen molar-refractivity contribution in [3.63, 3.8) is 0 Å². The molecular weight excluding hydrogens is 260 g/mol. The Hall–Kier alpha value is -1.38. The molecule has 0 amide bonds. The predicted octanol–water partition coefficient (Wildman–Crippen LogP) is 0.00810. The number of carboxylic acid groups (broad SMARTS) is 1. The van der Waals surface area contributed by atoms with Crippen molar-refractivity contribution in [2.24, 2.45) is 5.92 Å². The van der Waals surface area contributed by atoms with E-state index in [1.165, 1.54) is 0 Å². The highest BCUT2D eigenvalue weighted by atomic mass is 32.2. The van der Waals surface area contributed by atoms with E-state index >= 15 is 0 Å². The molecule has 2 atom stereocenters. The zero-order valence-electron chi connectivity index (χ0n) is 10.0. The molecule has 0 saturated carbocycles. The number of nitrogens with one attached hydrogen (secondary N) is 2. The van der Waals surface area contributed by atoms with Crippen LogP contribution in [0.1, 0.15) is 24.3 Å². The highest BCUT2D eigenvalue weighted by Gasteiger charge is 2.22. The summed E-state index contributed by atoms with van der Waals surface area (Å²) in [5.41, 5.74) is -0.196. The molecule has 0 aliphatic carbocycles. The second-order valence-corrected chi connectivity index (χ2v) is 5.84. The summed E-state index contributed by atoms with van der Waals surface area (Å²) in [6, 6.07) is 0.587. The molecule has 1 aromatic rings. The molecule has 2 unspecified atom stereocenters. The maximum absolute atomic E-state index is 11.9. The van der Waals surface area contributed by atoms with Crippen molar-refractivity contribution < 1.29 is 23.4 Å². The predicted molar refractivity (Wildman–Crippen MR) is 63.8 cm³/mol. The lowest BCUT2D eigenvalue weighted by Gasteiger charge is -2.18. The molecule has 18 heavy (non-hydrogen) atoms. The number of hydrogen-bond donors (Lipinski definition) is 4. The Balaban J connectivity index is 2.89. The normalized spacial score (nSPS) is 15.3. The summed E-state index contributed by atoms with van der Waals surface area (Å²) in [5.74, 6) is -1.47. The van der Waals surface area contributed by atoms with Crippen LogP contribution < -0.4 is 4.72 Å². The molecule has 1 heterocycles. The number of carbonyl (C=O) groups is 1. The van der Waals surface area contributed by atoms with E-state index in [9.17, 15) is 13.2 Å². The number of hydrogen-bond acceptors (Lipinski definition) is 4. The molecule has 0 saturated heterocycles. The van der Waals surface area contributed by atoms with Crippen molar-refractivity contribution in [3.8, 4) is 0 Å². The molecule has 7 nitrogen and oxygen atoms in total. The minimum Gasteiger partial charge on any atom is -0.477 e. The van der Waals surface area contributed by atoms with Gasteiger partial charge in [-0.05, 0) is 18.9 Å². The first-order valence-electron chi connectivity index (χ1n) is 5.33. The second-order valence-electron chi connectivity index (χ2n) is 4.12. The standard InChI is InChI=1S/C10H16N2O5S/c1-6(5-13)7(2)12-18(16,17)8-3-9(10(14)15)11-4-8/h3-4,6-7,11-13H,5H2,1-2H3,(H,14,15). The highest BCUT2D eigenvalue weighted by molar-refractivity contribution is 7.89. The van der Waals surface area contributed by atoms with Gasteiger partial charge in [-0.3, -0.25) is 0 Å². The number of sulfonamides is 1. The topological polar surface area (TPSA) is 119 Å². The van der Waals surface area contributed by atoms with Gasteiger partial charge in [0.1, 0.15) is 10.6 Å². The van der Waals surface area contributed by atoms with Crippen LogP contribution in [0.4, 0.5) is 0 Å². The zero-order chi connectivity index (χ0) is 13.9. The minimum atomic E-state index is -3.78. The number of carboxylic acids is 1. The summed E-state index contributed by atoms with van der Waals surface area (Å²) in [6.45, 7) is 3.19. The average Bonchev–Trinajstić information content (AvgIpc) is 2.77. The van der Waals surface area contributed by atoms with Crippen LogP contribution in [0, 0.1) is 5.92 Å². The monoisotopic (exact) mass is 276 g/mol. The van der Waals surface area contributed by atoms with Crippen molar-refractivity contribution in [2.75, 3.05) is 6.61 Å². The summed E-state index contributed by atoms with van der Waals surface area (Å²) >= 11 is 0. The first kappa shape index (κ1) is 14.7. The highest BCUT2D eigenvalue weighted by Crippen LogP contribution is 2.13.